The van der Waals surface area contributed by atoms with Gasteiger partial charge in [0.2, 0.25) is 5.91 Å². The van der Waals surface area contributed by atoms with Gasteiger partial charge in [0, 0.05) is 18.5 Å². The highest BCUT2D eigenvalue weighted by atomic mass is 32.1. The van der Waals surface area contributed by atoms with Crippen LogP contribution in [-0.4, -0.2) is 11.7 Å². The molecule has 98 valence electrons. The Hall–Kier alpha value is -2.01. The summed E-state index contributed by atoms with van der Waals surface area (Å²) < 4.78 is 12.7. The molecule has 0 aliphatic heterocycles. The zero-order chi connectivity index (χ0) is 13.7. The Kier molecular flexibility index (Phi) is 4.41. The first-order valence-electron chi connectivity index (χ1n) is 5.77. The number of ketones is 1. The van der Waals surface area contributed by atoms with Gasteiger partial charge in [-0.15, -0.1) is 11.3 Å². The Morgan fingerprint density at radius 3 is 2.47 bits per heavy atom. The predicted octanol–water partition coefficient (Wildman–Crippen LogP) is 3.49. The average Bonchev–Trinajstić information content (AvgIpc) is 2.93. The number of thiophene rings is 1. The van der Waals surface area contributed by atoms with Gasteiger partial charge in [-0.05, 0) is 35.7 Å². The van der Waals surface area contributed by atoms with E-state index in [2.05, 4.69) is 5.32 Å². The molecule has 1 aromatic carbocycles. The Balaban J connectivity index is 1.82. The lowest BCUT2D eigenvalue weighted by molar-refractivity contribution is -0.116. The van der Waals surface area contributed by atoms with E-state index in [1.54, 1.807) is 12.1 Å². The highest BCUT2D eigenvalue weighted by Gasteiger charge is 2.10. The lowest BCUT2D eigenvalue weighted by atomic mass is 10.2. The zero-order valence-corrected chi connectivity index (χ0v) is 10.9. The lowest BCUT2D eigenvalue weighted by Gasteiger charge is -2.04. The van der Waals surface area contributed by atoms with E-state index in [0.29, 0.717) is 10.6 Å². The molecule has 3 nitrogen and oxygen atoms in total. The van der Waals surface area contributed by atoms with Crippen LogP contribution in [0.2, 0.25) is 0 Å². The van der Waals surface area contributed by atoms with E-state index in [1.165, 1.54) is 35.6 Å². The summed E-state index contributed by atoms with van der Waals surface area (Å²) in [6.07, 6.45) is 0.293. The summed E-state index contributed by atoms with van der Waals surface area (Å²) in [5.74, 6) is -0.647. The van der Waals surface area contributed by atoms with Crippen LogP contribution in [0.3, 0.4) is 0 Å². The van der Waals surface area contributed by atoms with Gasteiger partial charge in [0.15, 0.2) is 5.78 Å². The summed E-state index contributed by atoms with van der Waals surface area (Å²) in [5.41, 5.74) is 0.523. The quantitative estimate of drug-likeness (QED) is 0.850. The maximum Gasteiger partial charge on any atom is 0.224 e. The Morgan fingerprint density at radius 1 is 1.11 bits per heavy atom. The van der Waals surface area contributed by atoms with E-state index < -0.39 is 0 Å². The van der Waals surface area contributed by atoms with Gasteiger partial charge < -0.3 is 5.32 Å². The van der Waals surface area contributed by atoms with Crippen LogP contribution >= 0.6 is 11.3 Å². The maximum absolute atomic E-state index is 12.7. The molecule has 0 radical (unpaired) electrons. The smallest absolute Gasteiger partial charge is 0.224 e. The first kappa shape index (κ1) is 13.4. The minimum absolute atomic E-state index is 0.0377. The molecule has 0 fully saturated rings. The summed E-state index contributed by atoms with van der Waals surface area (Å²) in [5, 5.41) is 4.44. The van der Waals surface area contributed by atoms with Gasteiger partial charge in [-0.2, -0.15) is 0 Å². The topological polar surface area (TPSA) is 46.2 Å². The van der Waals surface area contributed by atoms with Gasteiger partial charge in [0.05, 0.1) is 4.88 Å². The molecule has 0 spiro atoms. The number of Topliss-reactive ketones (excluding diaryl/α,β-unsaturated/α-hetero) is 1. The Labute approximate surface area is 114 Å². The number of nitrogens with one attached hydrogen (secondary N) is 1. The van der Waals surface area contributed by atoms with Crippen molar-refractivity contribution in [1.29, 1.82) is 0 Å². The van der Waals surface area contributed by atoms with Crippen LogP contribution < -0.4 is 5.32 Å². The summed E-state index contributed by atoms with van der Waals surface area (Å²) in [7, 11) is 0. The Morgan fingerprint density at radius 2 is 1.84 bits per heavy atom. The molecule has 0 saturated heterocycles. The first-order chi connectivity index (χ1) is 9.15. The van der Waals surface area contributed by atoms with Gasteiger partial charge in [-0.3, -0.25) is 9.59 Å². The third-order valence-corrected chi connectivity index (χ3v) is 3.41. The minimum atomic E-state index is -0.356. The molecule has 1 heterocycles. The van der Waals surface area contributed by atoms with Crippen molar-refractivity contribution in [2.75, 3.05) is 5.32 Å². The standard InChI is InChI=1S/C14H12FNO2S/c15-10-3-5-11(6-4-10)16-14(18)8-7-12(17)13-2-1-9-19-13/h1-6,9H,7-8H2,(H,16,18). The van der Waals surface area contributed by atoms with Crippen LogP contribution in [0.5, 0.6) is 0 Å². The largest absolute Gasteiger partial charge is 0.326 e. The molecular formula is C14H12FNO2S. The van der Waals surface area contributed by atoms with Crippen molar-refractivity contribution in [2.24, 2.45) is 0 Å². The number of halogens is 1. The number of amides is 1. The molecule has 0 bridgehead atoms. The van der Waals surface area contributed by atoms with Gasteiger partial charge in [-0.1, -0.05) is 6.07 Å². The molecule has 1 amide bonds. The SMILES string of the molecule is O=C(CCC(=O)c1cccs1)Nc1ccc(F)cc1. The number of benzene rings is 1. The number of carbonyl (C=O) groups excluding carboxylic acids is 2. The molecule has 2 aromatic rings. The van der Waals surface area contributed by atoms with Crippen molar-refractivity contribution in [1.82, 2.24) is 0 Å². The zero-order valence-electron chi connectivity index (χ0n) is 10.1. The highest BCUT2D eigenvalue weighted by Crippen LogP contribution is 2.13. The fourth-order valence-electron chi connectivity index (χ4n) is 1.54. The van der Waals surface area contributed by atoms with E-state index in [0.717, 1.165) is 0 Å². The molecule has 1 aromatic heterocycles. The second kappa shape index (κ2) is 6.24. The second-order valence-electron chi connectivity index (χ2n) is 3.96. The average molecular weight is 277 g/mol. The summed E-state index contributed by atoms with van der Waals surface area (Å²) in [6.45, 7) is 0. The second-order valence-corrected chi connectivity index (χ2v) is 4.90. The van der Waals surface area contributed by atoms with Crippen LogP contribution in [0.4, 0.5) is 10.1 Å². The van der Waals surface area contributed by atoms with E-state index >= 15 is 0 Å². The van der Waals surface area contributed by atoms with E-state index in [9.17, 15) is 14.0 Å². The molecule has 0 saturated carbocycles. The lowest BCUT2D eigenvalue weighted by Crippen LogP contribution is -2.13. The van der Waals surface area contributed by atoms with Crippen molar-refractivity contribution in [3.63, 3.8) is 0 Å². The Bertz CT molecular complexity index is 564. The summed E-state index contributed by atoms with van der Waals surface area (Å²) >= 11 is 1.37. The van der Waals surface area contributed by atoms with E-state index in [4.69, 9.17) is 0 Å². The number of rotatable bonds is 5. The molecule has 5 heteroatoms. The van der Waals surface area contributed by atoms with E-state index in [1.807, 2.05) is 5.38 Å². The van der Waals surface area contributed by atoms with Crippen LogP contribution in [0.15, 0.2) is 41.8 Å². The third kappa shape index (κ3) is 3.99. The molecular weight excluding hydrogens is 265 g/mol. The monoisotopic (exact) mass is 277 g/mol. The fraction of sp³-hybridized carbons (Fsp3) is 0.143. The number of hydrogen-bond acceptors (Lipinski definition) is 3. The van der Waals surface area contributed by atoms with Gasteiger partial charge >= 0.3 is 0 Å². The van der Waals surface area contributed by atoms with Crippen molar-refractivity contribution in [2.45, 2.75) is 12.8 Å². The molecule has 19 heavy (non-hydrogen) atoms. The minimum Gasteiger partial charge on any atom is -0.326 e. The predicted molar refractivity (Wildman–Crippen MR) is 72.9 cm³/mol. The molecule has 2 rings (SSSR count). The third-order valence-electron chi connectivity index (χ3n) is 2.50. The highest BCUT2D eigenvalue weighted by molar-refractivity contribution is 7.12. The van der Waals surface area contributed by atoms with Gasteiger partial charge in [0.1, 0.15) is 5.82 Å². The van der Waals surface area contributed by atoms with Crippen LogP contribution in [0, 0.1) is 5.82 Å². The van der Waals surface area contributed by atoms with E-state index in [-0.39, 0.29) is 30.3 Å². The number of anilines is 1. The van der Waals surface area contributed by atoms with Crippen LogP contribution in [-0.2, 0) is 4.79 Å². The van der Waals surface area contributed by atoms with Gasteiger partial charge in [0.25, 0.3) is 0 Å². The van der Waals surface area contributed by atoms with Gasteiger partial charge in [-0.25, -0.2) is 4.39 Å². The molecule has 0 aliphatic rings. The van der Waals surface area contributed by atoms with Crippen molar-refractivity contribution in [3.8, 4) is 0 Å². The van der Waals surface area contributed by atoms with Crippen molar-refractivity contribution >= 4 is 28.7 Å². The molecule has 0 aliphatic carbocycles. The fourth-order valence-corrected chi connectivity index (χ4v) is 2.24. The first-order valence-corrected chi connectivity index (χ1v) is 6.65. The summed E-state index contributed by atoms with van der Waals surface area (Å²) in [6, 6.07) is 9.04. The van der Waals surface area contributed by atoms with Crippen LogP contribution in [0.25, 0.3) is 0 Å². The number of hydrogen-bond donors (Lipinski definition) is 1. The maximum atomic E-state index is 12.7. The normalized spacial score (nSPS) is 10.2. The molecule has 1 N–H and O–H groups in total. The summed E-state index contributed by atoms with van der Waals surface area (Å²) in [4.78, 5) is 24.0. The van der Waals surface area contributed by atoms with Crippen molar-refractivity contribution < 1.29 is 14.0 Å². The molecule has 0 unspecified atom stereocenters. The molecule has 0 atom stereocenters. The van der Waals surface area contributed by atoms with Crippen molar-refractivity contribution in [3.05, 3.63) is 52.5 Å². The van der Waals surface area contributed by atoms with Crippen LogP contribution in [0.1, 0.15) is 22.5 Å². The number of carbonyl (C=O) groups is 2.